The second-order valence-electron chi connectivity index (χ2n) is 9.71. The number of urea groups is 1. The van der Waals surface area contributed by atoms with Gasteiger partial charge in [-0.15, -0.1) is 0 Å². The second kappa shape index (κ2) is 8.59. The Labute approximate surface area is 198 Å². The van der Waals surface area contributed by atoms with Crippen molar-refractivity contribution in [2.45, 2.75) is 45.6 Å². The molecule has 0 aliphatic carbocycles. The number of hydrogen-bond donors (Lipinski definition) is 2. The predicted molar refractivity (Wildman–Crippen MR) is 130 cm³/mol. The third-order valence-corrected chi connectivity index (χ3v) is 6.62. The Morgan fingerprint density at radius 3 is 2.71 bits per heavy atom. The van der Waals surface area contributed by atoms with Gasteiger partial charge < -0.3 is 15.5 Å². The first-order valence-electron chi connectivity index (χ1n) is 11.2. The lowest BCUT2D eigenvalue weighted by Gasteiger charge is -2.45. The van der Waals surface area contributed by atoms with Gasteiger partial charge in [-0.2, -0.15) is 0 Å². The summed E-state index contributed by atoms with van der Waals surface area (Å²) in [5.41, 5.74) is 3.40. The number of carbonyl (C=O) groups is 3. The molecule has 8 heteroatoms. The Balaban J connectivity index is 1.54. The Kier molecular flexibility index (Phi) is 5.93. The lowest BCUT2D eigenvalue weighted by molar-refractivity contribution is -0.127. The number of fused-ring (bicyclic) bond motifs is 1. The van der Waals surface area contributed by atoms with Crippen molar-refractivity contribution in [3.05, 3.63) is 64.6 Å². The topological polar surface area (TPSA) is 81.8 Å². The van der Waals surface area contributed by atoms with Crippen molar-refractivity contribution in [2.75, 3.05) is 23.8 Å². The molecule has 2 N–H and O–H groups in total. The van der Waals surface area contributed by atoms with E-state index in [9.17, 15) is 14.4 Å². The largest absolute Gasteiger partial charge is 0.369 e. The zero-order valence-corrected chi connectivity index (χ0v) is 20.0. The van der Waals surface area contributed by atoms with Crippen LogP contribution in [0.2, 0.25) is 0 Å². The number of halogens is 1. The van der Waals surface area contributed by atoms with Crippen molar-refractivity contribution in [1.29, 1.82) is 0 Å². The van der Waals surface area contributed by atoms with Crippen molar-refractivity contribution in [2.24, 2.45) is 0 Å². The van der Waals surface area contributed by atoms with Crippen LogP contribution in [0.1, 0.15) is 49.8 Å². The minimum absolute atomic E-state index is 0.0654. The fourth-order valence-corrected chi connectivity index (χ4v) is 4.65. The maximum Gasteiger partial charge on any atom is 0.329 e. The first kappa shape index (κ1) is 23.5. The molecule has 1 fully saturated rings. The van der Waals surface area contributed by atoms with E-state index in [1.165, 1.54) is 12.1 Å². The van der Waals surface area contributed by atoms with E-state index in [2.05, 4.69) is 36.3 Å². The van der Waals surface area contributed by atoms with Crippen LogP contribution in [0.5, 0.6) is 0 Å². The van der Waals surface area contributed by atoms with Crippen LogP contribution in [-0.4, -0.2) is 41.9 Å². The molecule has 2 aromatic rings. The summed E-state index contributed by atoms with van der Waals surface area (Å²) in [7, 11) is 1.95. The van der Waals surface area contributed by atoms with E-state index in [0.717, 1.165) is 28.1 Å². The van der Waals surface area contributed by atoms with E-state index in [-0.39, 0.29) is 22.7 Å². The molecule has 1 atom stereocenters. The van der Waals surface area contributed by atoms with Crippen molar-refractivity contribution < 1.29 is 18.8 Å². The summed E-state index contributed by atoms with van der Waals surface area (Å²) in [4.78, 5) is 40.5. The third-order valence-electron chi connectivity index (χ3n) is 6.62. The van der Waals surface area contributed by atoms with E-state index in [0.29, 0.717) is 5.69 Å². The monoisotopic (exact) mass is 464 g/mol. The fraction of sp³-hybridized carbons (Fsp3) is 0.346. The van der Waals surface area contributed by atoms with Crippen molar-refractivity contribution >= 4 is 35.3 Å². The van der Waals surface area contributed by atoms with Crippen LogP contribution < -0.4 is 15.5 Å². The van der Waals surface area contributed by atoms with E-state index in [4.69, 9.17) is 0 Å². The molecule has 0 bridgehead atoms. The van der Waals surface area contributed by atoms with E-state index in [1.807, 2.05) is 20.0 Å². The number of amides is 4. The van der Waals surface area contributed by atoms with Gasteiger partial charge in [0.15, 0.2) is 0 Å². The van der Waals surface area contributed by atoms with Crippen LogP contribution in [0.15, 0.2) is 42.1 Å². The standard InChI is InChI=1S/C26H29FN4O3/c1-15-7-6-8-18(9-15)28-23(32)14-31-24(33)21(29-25(31)34)11-17-10-19-16(2)13-26(3,4)30(5)22(19)12-20(17)27/h6-12,16H,13-14H2,1-5H3,(H,28,32)(H,29,34)/b21-11+. The Hall–Kier alpha value is -3.68. The highest BCUT2D eigenvalue weighted by atomic mass is 19.1. The van der Waals surface area contributed by atoms with Gasteiger partial charge in [-0.3, -0.25) is 9.59 Å². The van der Waals surface area contributed by atoms with Crippen molar-refractivity contribution in [1.82, 2.24) is 10.2 Å². The average molecular weight is 465 g/mol. The highest BCUT2D eigenvalue weighted by molar-refractivity contribution is 6.16. The summed E-state index contributed by atoms with van der Waals surface area (Å²) < 4.78 is 15.0. The number of hydrogen-bond acceptors (Lipinski definition) is 4. The average Bonchev–Trinajstić information content (AvgIpc) is 3.00. The second-order valence-corrected chi connectivity index (χ2v) is 9.71. The van der Waals surface area contributed by atoms with Crippen LogP contribution >= 0.6 is 0 Å². The zero-order chi connectivity index (χ0) is 24.8. The van der Waals surface area contributed by atoms with Crippen LogP contribution in [0.3, 0.4) is 0 Å². The number of rotatable bonds is 4. The van der Waals surface area contributed by atoms with Crippen LogP contribution in [0.25, 0.3) is 6.08 Å². The molecule has 1 unspecified atom stereocenters. The molecule has 7 nitrogen and oxygen atoms in total. The van der Waals surface area contributed by atoms with Crippen LogP contribution in [0.4, 0.5) is 20.6 Å². The molecule has 4 rings (SSSR count). The number of nitrogens with zero attached hydrogens (tertiary/aromatic N) is 2. The van der Waals surface area contributed by atoms with Crippen LogP contribution in [-0.2, 0) is 9.59 Å². The van der Waals surface area contributed by atoms with Gasteiger partial charge in [-0.05, 0) is 74.6 Å². The number of anilines is 2. The molecule has 2 heterocycles. The SMILES string of the molecule is Cc1cccc(NC(=O)CN2C(=O)N/C(=C/c3cc4c(cc3F)N(C)C(C)(C)CC4C)C2=O)c1. The Morgan fingerprint density at radius 1 is 1.26 bits per heavy atom. The fourth-order valence-electron chi connectivity index (χ4n) is 4.65. The van der Waals surface area contributed by atoms with Gasteiger partial charge in [0.25, 0.3) is 5.91 Å². The number of aryl methyl sites for hydroxylation is 1. The molecule has 4 amide bonds. The highest BCUT2D eigenvalue weighted by Gasteiger charge is 2.37. The summed E-state index contributed by atoms with van der Waals surface area (Å²) in [6, 6.07) is 9.70. The molecule has 0 saturated carbocycles. The van der Waals surface area contributed by atoms with Crippen molar-refractivity contribution in [3.63, 3.8) is 0 Å². The van der Waals surface area contributed by atoms with Crippen LogP contribution in [0, 0.1) is 12.7 Å². The summed E-state index contributed by atoms with van der Waals surface area (Å²) >= 11 is 0. The lowest BCUT2D eigenvalue weighted by Crippen LogP contribution is -2.45. The molecule has 0 radical (unpaired) electrons. The van der Waals surface area contributed by atoms with Gasteiger partial charge in [0.05, 0.1) is 0 Å². The molecule has 0 spiro atoms. The quantitative estimate of drug-likeness (QED) is 0.520. The molecule has 178 valence electrons. The van der Waals surface area contributed by atoms with Gasteiger partial charge in [-0.1, -0.05) is 19.1 Å². The van der Waals surface area contributed by atoms with Gasteiger partial charge in [0.1, 0.15) is 18.1 Å². The smallest absolute Gasteiger partial charge is 0.329 e. The molecular weight excluding hydrogens is 435 g/mol. The first-order chi connectivity index (χ1) is 16.0. The summed E-state index contributed by atoms with van der Waals surface area (Å²) in [5, 5.41) is 5.14. The number of carbonyl (C=O) groups excluding carboxylic acids is 3. The van der Waals surface area contributed by atoms with Gasteiger partial charge >= 0.3 is 6.03 Å². The molecular formula is C26H29FN4O3. The van der Waals surface area contributed by atoms with E-state index in [1.54, 1.807) is 24.3 Å². The summed E-state index contributed by atoms with van der Waals surface area (Å²) in [5.74, 6) is -1.46. The minimum atomic E-state index is -0.719. The van der Waals surface area contributed by atoms with Gasteiger partial charge in [0, 0.05) is 29.5 Å². The normalized spacial score (nSPS) is 20.4. The summed E-state index contributed by atoms with van der Waals surface area (Å²) in [6.07, 6.45) is 2.23. The highest BCUT2D eigenvalue weighted by Crippen LogP contribution is 2.43. The molecule has 2 aliphatic rings. The maximum absolute atomic E-state index is 15.0. The Bertz CT molecular complexity index is 1220. The number of nitrogens with one attached hydrogen (secondary N) is 2. The minimum Gasteiger partial charge on any atom is -0.369 e. The summed E-state index contributed by atoms with van der Waals surface area (Å²) in [6.45, 7) is 7.79. The van der Waals surface area contributed by atoms with E-state index >= 15 is 4.39 Å². The van der Waals surface area contributed by atoms with Gasteiger partial charge in [0.2, 0.25) is 5.91 Å². The molecule has 1 saturated heterocycles. The number of imide groups is 1. The molecule has 0 aromatic heterocycles. The van der Waals surface area contributed by atoms with Crippen molar-refractivity contribution in [3.8, 4) is 0 Å². The zero-order valence-electron chi connectivity index (χ0n) is 20.0. The maximum atomic E-state index is 15.0. The first-order valence-corrected chi connectivity index (χ1v) is 11.2. The number of benzene rings is 2. The third kappa shape index (κ3) is 4.40. The predicted octanol–water partition coefficient (Wildman–Crippen LogP) is 4.39. The molecule has 34 heavy (non-hydrogen) atoms. The molecule has 2 aliphatic heterocycles. The molecule has 2 aromatic carbocycles. The van der Waals surface area contributed by atoms with Gasteiger partial charge in [-0.25, -0.2) is 14.1 Å². The van der Waals surface area contributed by atoms with E-state index < -0.39 is 30.2 Å². The lowest BCUT2D eigenvalue weighted by atomic mass is 9.80. The Morgan fingerprint density at radius 2 is 2.00 bits per heavy atom.